The molecule has 26 heteroatoms. The molecule has 62 heavy (non-hydrogen) atoms. The molecular weight excluding hydrogens is 826 g/mol. The number of nitrogens with zero attached hydrogens (tertiary/aromatic N) is 3. The highest BCUT2D eigenvalue weighted by Gasteiger charge is 2.31. The Balaban J connectivity index is 5.47. The number of ketones is 3. The number of hydrogen-bond donors (Lipinski definition) is 10. The van der Waals surface area contributed by atoms with Crippen LogP contribution in [0, 0.1) is 0 Å². The predicted molar refractivity (Wildman–Crippen MR) is 215 cm³/mol. The Bertz CT molecular complexity index is 1540. The highest BCUT2D eigenvalue weighted by molar-refractivity contribution is 6.40. The minimum absolute atomic E-state index is 0.0428. The van der Waals surface area contributed by atoms with E-state index in [1.165, 1.54) is 6.92 Å². The Kier molecular flexibility index (Phi) is 31.1. The van der Waals surface area contributed by atoms with Crippen molar-refractivity contribution in [3.05, 3.63) is 10.4 Å². The van der Waals surface area contributed by atoms with Crippen LogP contribution in [0.4, 0.5) is 0 Å². The number of imide groups is 1. The van der Waals surface area contributed by atoms with E-state index in [9.17, 15) is 58.2 Å². The maximum atomic E-state index is 13.3. The van der Waals surface area contributed by atoms with Crippen molar-refractivity contribution in [3.63, 3.8) is 0 Å². The minimum atomic E-state index is -1.53. The number of nitrogens with two attached hydrogens (primary N) is 2. The van der Waals surface area contributed by atoms with Gasteiger partial charge in [-0.05, 0) is 57.5 Å². The lowest BCUT2D eigenvalue weighted by Gasteiger charge is -2.24. The summed E-state index contributed by atoms with van der Waals surface area (Å²) in [5.41, 5.74) is 19.0. The number of Topliss-reactive ketones (excluding diaryl/α,β-unsaturated/α-hetero) is 3. The average Bonchev–Trinajstić information content (AvgIpc) is 3.20. The number of primary amides is 1. The van der Waals surface area contributed by atoms with Crippen LogP contribution in [0.2, 0.25) is 0 Å². The molecule has 0 aliphatic heterocycles. The number of carbonyl (C=O) groups is 10. The van der Waals surface area contributed by atoms with E-state index in [0.717, 1.165) is 6.92 Å². The first-order valence-electron chi connectivity index (χ1n) is 19.8. The first-order chi connectivity index (χ1) is 29.4. The van der Waals surface area contributed by atoms with Gasteiger partial charge in [-0.1, -0.05) is 5.11 Å². The van der Waals surface area contributed by atoms with Crippen molar-refractivity contribution in [3.8, 4) is 0 Å². The number of rotatable bonds is 39. The van der Waals surface area contributed by atoms with Crippen LogP contribution >= 0.6 is 0 Å². The lowest BCUT2D eigenvalue weighted by atomic mass is 10.0. The van der Waals surface area contributed by atoms with Crippen LogP contribution in [0.1, 0.15) is 71.6 Å². The van der Waals surface area contributed by atoms with E-state index in [0.29, 0.717) is 19.4 Å². The zero-order valence-electron chi connectivity index (χ0n) is 35.0. The highest BCUT2D eigenvalue weighted by Crippen LogP contribution is 2.07. The van der Waals surface area contributed by atoms with Crippen LogP contribution in [0.3, 0.4) is 0 Å². The fraction of sp³-hybridized carbons (Fsp3) is 0.722. The molecule has 0 unspecified atom stereocenters. The Morgan fingerprint density at radius 1 is 0.694 bits per heavy atom. The zero-order chi connectivity index (χ0) is 46.9. The van der Waals surface area contributed by atoms with Crippen molar-refractivity contribution in [1.29, 1.82) is 0 Å². The molecule has 0 aromatic carbocycles. The van der Waals surface area contributed by atoms with Gasteiger partial charge in [-0.25, -0.2) is 0 Å². The molecule has 0 aliphatic rings. The van der Waals surface area contributed by atoms with E-state index < -0.39 is 121 Å². The zero-order valence-corrected chi connectivity index (χ0v) is 35.0. The fourth-order valence-electron chi connectivity index (χ4n) is 5.16. The number of hydrogen-bond acceptors (Lipinski definition) is 18. The lowest BCUT2D eigenvalue weighted by molar-refractivity contribution is -0.142. The maximum absolute atomic E-state index is 13.3. The molecule has 0 bridgehead atoms. The quantitative estimate of drug-likeness (QED) is 0.00720. The molecule has 0 saturated carbocycles. The summed E-state index contributed by atoms with van der Waals surface area (Å²) < 4.78 is 15.6. The van der Waals surface area contributed by atoms with E-state index in [2.05, 4.69) is 41.9 Å². The molecule has 0 aliphatic carbocycles. The van der Waals surface area contributed by atoms with Crippen LogP contribution in [0.15, 0.2) is 5.11 Å². The van der Waals surface area contributed by atoms with Gasteiger partial charge >= 0.3 is 11.9 Å². The van der Waals surface area contributed by atoms with Crippen molar-refractivity contribution in [1.82, 2.24) is 31.9 Å². The molecule has 26 nitrogen and oxygen atoms in total. The molecule has 350 valence electrons. The maximum Gasteiger partial charge on any atom is 0.303 e. The van der Waals surface area contributed by atoms with Crippen LogP contribution < -0.4 is 43.4 Å². The number of carbonyl (C=O) groups excluding carboxylic acids is 8. The molecule has 0 radical (unpaired) electrons. The highest BCUT2D eigenvalue weighted by atomic mass is 16.5. The van der Waals surface area contributed by atoms with E-state index in [1.807, 2.05) is 0 Å². The summed E-state index contributed by atoms with van der Waals surface area (Å²) in [5, 5.41) is 37.0. The van der Waals surface area contributed by atoms with Gasteiger partial charge in [-0.2, -0.15) is 0 Å². The minimum Gasteiger partial charge on any atom is -0.481 e. The van der Waals surface area contributed by atoms with Gasteiger partial charge in [0.15, 0.2) is 5.78 Å². The van der Waals surface area contributed by atoms with E-state index in [-0.39, 0.29) is 71.9 Å². The van der Waals surface area contributed by atoms with Crippen LogP contribution in [0.25, 0.3) is 10.4 Å². The van der Waals surface area contributed by atoms with Crippen molar-refractivity contribution in [2.45, 2.75) is 102 Å². The molecule has 0 heterocycles. The second-order valence-electron chi connectivity index (χ2n) is 13.6. The predicted octanol–water partition coefficient (Wildman–Crippen LogP) is -3.34. The second kappa shape index (κ2) is 34.2. The Morgan fingerprint density at radius 2 is 1.24 bits per heavy atom. The lowest BCUT2D eigenvalue weighted by Crippen LogP contribution is -2.55. The first-order valence-corrected chi connectivity index (χ1v) is 19.8. The number of carboxylic acid groups (broad SMARTS) is 2. The van der Waals surface area contributed by atoms with Gasteiger partial charge in [0.05, 0.1) is 63.7 Å². The third-order valence-electron chi connectivity index (χ3n) is 8.53. The number of amides is 5. The summed E-state index contributed by atoms with van der Waals surface area (Å²) in [7, 11) is 0. The van der Waals surface area contributed by atoms with Crippen LogP contribution in [0.5, 0.6) is 0 Å². The molecule has 0 saturated heterocycles. The fourth-order valence-corrected chi connectivity index (χ4v) is 5.16. The van der Waals surface area contributed by atoms with E-state index in [4.69, 9.17) is 31.2 Å². The van der Waals surface area contributed by atoms with Crippen molar-refractivity contribution in [2.75, 3.05) is 65.9 Å². The third-order valence-corrected chi connectivity index (χ3v) is 8.53. The van der Waals surface area contributed by atoms with E-state index >= 15 is 0 Å². The van der Waals surface area contributed by atoms with Crippen molar-refractivity contribution in [2.24, 2.45) is 16.6 Å². The molecule has 0 aromatic rings. The molecule has 5 amide bonds. The summed E-state index contributed by atoms with van der Waals surface area (Å²) in [6, 6.07) is -6.19. The summed E-state index contributed by atoms with van der Waals surface area (Å²) in [5.74, 6) is -9.13. The molecule has 0 rings (SSSR count). The number of unbranched alkanes of at least 4 members (excludes halogenated alkanes) is 1. The third kappa shape index (κ3) is 28.1. The van der Waals surface area contributed by atoms with Crippen LogP contribution in [-0.4, -0.2) is 165 Å². The summed E-state index contributed by atoms with van der Waals surface area (Å²) in [6.07, 6.45) is -1.23. The molecule has 12 N–H and O–H groups in total. The smallest absolute Gasteiger partial charge is 0.303 e. The first kappa shape index (κ1) is 56.5. The molecule has 5 atom stereocenters. The van der Waals surface area contributed by atoms with Gasteiger partial charge in [0.2, 0.25) is 41.1 Å². The van der Waals surface area contributed by atoms with Gasteiger partial charge in [0, 0.05) is 44.3 Å². The number of aliphatic carboxylic acids is 2. The number of azide groups is 1. The molecular formula is C36H61N11O15. The summed E-state index contributed by atoms with van der Waals surface area (Å²) >= 11 is 0. The van der Waals surface area contributed by atoms with Crippen molar-refractivity contribution < 1.29 is 72.4 Å². The largest absolute Gasteiger partial charge is 0.481 e. The monoisotopic (exact) mass is 887 g/mol. The molecule has 0 spiro atoms. The normalized spacial score (nSPS) is 13.3. The number of nitrogens with one attached hydrogen (secondary N) is 6. The average molecular weight is 888 g/mol. The Labute approximate surface area is 357 Å². The van der Waals surface area contributed by atoms with Gasteiger partial charge < -0.3 is 46.5 Å². The van der Waals surface area contributed by atoms with Crippen molar-refractivity contribution >= 4 is 58.8 Å². The molecule has 0 fully saturated rings. The van der Waals surface area contributed by atoms with Gasteiger partial charge in [-0.3, -0.25) is 69.2 Å². The SMILES string of the molecule is CC(=O)NC(=O)[C@H](CCCCN)NC(=O)[C@H](CCC(=O)O)NCC(=O)[C@H](C)NCN[C@@H](CCC(=O)O)C(=O)N[C@@H](CCC(N)=O)C(=O)C(=O)COCCOCCOCCN=[N+]=[N-]. The second-order valence-corrected chi connectivity index (χ2v) is 13.6. The van der Waals surface area contributed by atoms with Gasteiger partial charge in [0.1, 0.15) is 12.6 Å². The van der Waals surface area contributed by atoms with Crippen LogP contribution in [-0.2, 0) is 62.2 Å². The Morgan fingerprint density at radius 3 is 1.79 bits per heavy atom. The van der Waals surface area contributed by atoms with Gasteiger partial charge in [0.25, 0.3) is 0 Å². The summed E-state index contributed by atoms with van der Waals surface area (Å²) in [4.78, 5) is 126. The number of carboxylic acids is 2. The molecule has 0 aromatic heterocycles. The van der Waals surface area contributed by atoms with E-state index in [1.54, 1.807) is 0 Å². The Hall–Kier alpha value is -5.47. The van der Waals surface area contributed by atoms with Gasteiger partial charge in [-0.15, -0.1) is 0 Å². The standard InChI is InChI=1S/C36H61N11O15/c1-22(28(49)19-40-25(7-10-31(52)53)34(57)46-27(5-3-4-12-37)36(59)44-23(2)48)41-21-42-26(8-11-32(54)55)35(58)45-24(6-9-30(38)51)33(56)29(50)20-62-18-17-61-16-15-60-14-13-43-47-39/h22,24-27,40-42H,3-21,37H2,1-2H3,(H2,38,51)(H,45,58)(H,46,57)(H,52,53)(H,54,55)(H,44,48,59)/t22-,24-,25-,26-,27-/m0/s1. The summed E-state index contributed by atoms with van der Waals surface area (Å²) in [6.45, 7) is 2.16. The topological polar surface area (TPSA) is 412 Å². The number of ether oxygens (including phenoxy) is 3.